The van der Waals surface area contributed by atoms with Crippen molar-refractivity contribution in [1.29, 1.82) is 0 Å². The van der Waals surface area contributed by atoms with E-state index >= 15 is 0 Å². The first kappa shape index (κ1) is 15.0. The van der Waals surface area contributed by atoms with Crippen molar-refractivity contribution in [3.63, 3.8) is 0 Å². The average Bonchev–Trinajstić information content (AvgIpc) is 2.67. The second-order valence-electron chi connectivity index (χ2n) is 4.92. The third-order valence-corrected chi connectivity index (χ3v) is 6.47. The maximum Gasteiger partial charge on any atom is 0.275 e. The van der Waals surface area contributed by atoms with Crippen LogP contribution in [-0.2, 0) is 10.0 Å². The molecule has 0 amide bonds. The zero-order valence-electron chi connectivity index (χ0n) is 12.3. The molecule has 0 bridgehead atoms. The Morgan fingerprint density at radius 2 is 1.60 bits per heavy atom. The van der Waals surface area contributed by atoms with Gasteiger partial charge in [-0.25, -0.2) is 13.4 Å². The Hall–Kier alpha value is -1.40. The van der Waals surface area contributed by atoms with Crippen molar-refractivity contribution in [1.82, 2.24) is 4.98 Å². The highest BCUT2D eigenvalue weighted by Crippen LogP contribution is 2.29. The molecule has 0 spiro atoms. The monoisotopic (exact) mass is 310 g/mol. The number of sulfonamides is 1. The van der Waals surface area contributed by atoms with Gasteiger partial charge in [0.15, 0.2) is 4.21 Å². The summed E-state index contributed by atoms with van der Waals surface area (Å²) >= 11 is 1.21. The zero-order chi connectivity index (χ0) is 15.1. The van der Waals surface area contributed by atoms with Crippen molar-refractivity contribution >= 4 is 27.0 Å². The molecule has 20 heavy (non-hydrogen) atoms. The predicted molar refractivity (Wildman–Crippen MR) is 83.1 cm³/mol. The molecule has 0 radical (unpaired) electrons. The Bertz CT molecular complexity index is 728. The number of thiazole rings is 1. The maximum atomic E-state index is 12.7. The zero-order valence-corrected chi connectivity index (χ0v) is 13.9. The molecule has 0 aliphatic carbocycles. The molecule has 1 aromatic carbocycles. The lowest BCUT2D eigenvalue weighted by Crippen LogP contribution is -2.26. The Labute approximate surface area is 124 Å². The Balaban J connectivity index is 2.51. The van der Waals surface area contributed by atoms with Crippen LogP contribution >= 0.6 is 11.3 Å². The number of anilines is 1. The molecule has 0 unspecified atom stereocenters. The topological polar surface area (TPSA) is 50.3 Å². The second-order valence-corrected chi connectivity index (χ2v) is 8.29. The van der Waals surface area contributed by atoms with E-state index in [1.54, 1.807) is 14.0 Å². The Kier molecular flexibility index (Phi) is 3.88. The molecule has 2 rings (SSSR count). The third-order valence-electron chi connectivity index (χ3n) is 3.03. The van der Waals surface area contributed by atoms with Crippen LogP contribution < -0.4 is 4.31 Å². The molecule has 1 aromatic heterocycles. The maximum absolute atomic E-state index is 12.7. The quantitative estimate of drug-likeness (QED) is 0.874. The summed E-state index contributed by atoms with van der Waals surface area (Å²) in [5, 5.41) is 0.759. The Morgan fingerprint density at radius 1 is 1.05 bits per heavy atom. The number of aryl methyl sites for hydroxylation is 4. The molecule has 108 valence electrons. The van der Waals surface area contributed by atoms with Crippen LogP contribution in [0.15, 0.2) is 22.4 Å². The lowest BCUT2D eigenvalue weighted by molar-refractivity contribution is 0.595. The average molecular weight is 310 g/mol. The fourth-order valence-corrected chi connectivity index (χ4v) is 4.96. The fourth-order valence-electron chi connectivity index (χ4n) is 2.15. The van der Waals surface area contributed by atoms with E-state index in [2.05, 4.69) is 4.98 Å². The molecule has 4 nitrogen and oxygen atoms in total. The third kappa shape index (κ3) is 2.71. The van der Waals surface area contributed by atoms with E-state index in [0.717, 1.165) is 16.1 Å². The van der Waals surface area contributed by atoms with E-state index in [9.17, 15) is 8.42 Å². The van der Waals surface area contributed by atoms with Crippen LogP contribution in [0.1, 0.15) is 21.8 Å². The van der Waals surface area contributed by atoms with Crippen LogP contribution in [0, 0.1) is 27.7 Å². The summed E-state index contributed by atoms with van der Waals surface area (Å²) < 4.78 is 27.0. The molecule has 2 aromatic rings. The largest absolute Gasteiger partial charge is 0.275 e. The van der Waals surface area contributed by atoms with Gasteiger partial charge in [0.05, 0.1) is 16.4 Å². The first-order valence-electron chi connectivity index (χ1n) is 6.23. The SMILES string of the molecule is Cc1cc(C)cc(N(C)S(=O)(=O)c2sc(C)nc2C)c1. The van der Waals surface area contributed by atoms with Gasteiger partial charge in [-0.2, -0.15) is 0 Å². The fraction of sp³-hybridized carbons (Fsp3) is 0.357. The smallest absolute Gasteiger partial charge is 0.269 e. The summed E-state index contributed by atoms with van der Waals surface area (Å²) in [5.41, 5.74) is 3.31. The number of rotatable bonds is 3. The summed E-state index contributed by atoms with van der Waals surface area (Å²) in [6, 6.07) is 5.76. The summed E-state index contributed by atoms with van der Waals surface area (Å²) in [7, 11) is -1.96. The van der Waals surface area contributed by atoms with Gasteiger partial charge in [-0.15, -0.1) is 11.3 Å². The summed E-state index contributed by atoms with van der Waals surface area (Å²) in [6.07, 6.45) is 0. The molecule has 1 heterocycles. The molecular formula is C14H18N2O2S2. The standard InChI is InChI=1S/C14H18N2O2S2/c1-9-6-10(2)8-13(7-9)16(5)20(17,18)14-11(3)15-12(4)19-14/h6-8H,1-5H3. The van der Waals surface area contributed by atoms with E-state index in [1.807, 2.05) is 39.0 Å². The van der Waals surface area contributed by atoms with Gasteiger partial charge < -0.3 is 0 Å². The molecule has 0 aliphatic heterocycles. The second kappa shape index (κ2) is 5.18. The van der Waals surface area contributed by atoms with Gasteiger partial charge in [0.25, 0.3) is 10.0 Å². The highest BCUT2D eigenvalue weighted by Gasteiger charge is 2.26. The van der Waals surface area contributed by atoms with Crippen LogP contribution in [0.25, 0.3) is 0 Å². The van der Waals surface area contributed by atoms with Gasteiger partial charge in [-0.05, 0) is 51.0 Å². The van der Waals surface area contributed by atoms with Crippen LogP contribution in [0.5, 0.6) is 0 Å². The van der Waals surface area contributed by atoms with Crippen molar-refractivity contribution in [2.75, 3.05) is 11.4 Å². The molecule has 0 N–H and O–H groups in total. The lowest BCUT2D eigenvalue weighted by atomic mass is 10.1. The van der Waals surface area contributed by atoms with E-state index < -0.39 is 10.0 Å². The van der Waals surface area contributed by atoms with Crippen molar-refractivity contribution in [2.24, 2.45) is 0 Å². The van der Waals surface area contributed by atoms with E-state index in [0.29, 0.717) is 15.6 Å². The Morgan fingerprint density at radius 3 is 2.05 bits per heavy atom. The number of benzene rings is 1. The molecule has 0 saturated heterocycles. The molecule has 0 atom stereocenters. The van der Waals surface area contributed by atoms with Gasteiger partial charge in [0.2, 0.25) is 0 Å². The first-order chi connectivity index (χ1) is 9.21. The lowest BCUT2D eigenvalue weighted by Gasteiger charge is -2.19. The molecule has 0 saturated carbocycles. The molecule has 6 heteroatoms. The van der Waals surface area contributed by atoms with Crippen molar-refractivity contribution in [3.05, 3.63) is 40.0 Å². The first-order valence-corrected chi connectivity index (χ1v) is 8.48. The predicted octanol–water partition coefficient (Wildman–Crippen LogP) is 3.20. The minimum atomic E-state index is -3.55. The van der Waals surface area contributed by atoms with E-state index in [4.69, 9.17) is 0 Å². The number of nitrogens with zero attached hydrogens (tertiary/aromatic N) is 2. The van der Waals surface area contributed by atoms with Gasteiger partial charge in [-0.3, -0.25) is 4.31 Å². The summed E-state index contributed by atoms with van der Waals surface area (Å²) in [5.74, 6) is 0. The minimum Gasteiger partial charge on any atom is -0.269 e. The van der Waals surface area contributed by atoms with Crippen LogP contribution in [0.2, 0.25) is 0 Å². The highest BCUT2D eigenvalue weighted by atomic mass is 32.2. The van der Waals surface area contributed by atoms with Crippen LogP contribution in [0.4, 0.5) is 5.69 Å². The highest BCUT2D eigenvalue weighted by molar-refractivity contribution is 7.94. The van der Waals surface area contributed by atoms with Gasteiger partial charge in [0, 0.05) is 7.05 Å². The number of hydrogen-bond acceptors (Lipinski definition) is 4. The van der Waals surface area contributed by atoms with Crippen LogP contribution in [0.3, 0.4) is 0 Å². The summed E-state index contributed by atoms with van der Waals surface area (Å²) in [4.78, 5) is 4.20. The van der Waals surface area contributed by atoms with E-state index in [1.165, 1.54) is 15.6 Å². The molecule has 0 fully saturated rings. The number of hydrogen-bond donors (Lipinski definition) is 0. The normalized spacial score (nSPS) is 11.7. The van der Waals surface area contributed by atoms with E-state index in [-0.39, 0.29) is 0 Å². The van der Waals surface area contributed by atoms with Crippen molar-refractivity contribution in [2.45, 2.75) is 31.9 Å². The molecule has 0 aliphatic rings. The van der Waals surface area contributed by atoms with Crippen molar-refractivity contribution in [3.8, 4) is 0 Å². The van der Waals surface area contributed by atoms with Crippen molar-refractivity contribution < 1.29 is 8.42 Å². The summed E-state index contributed by atoms with van der Waals surface area (Å²) in [6.45, 7) is 7.46. The molecular weight excluding hydrogens is 292 g/mol. The minimum absolute atomic E-state index is 0.316. The van der Waals surface area contributed by atoms with Gasteiger partial charge in [0.1, 0.15) is 0 Å². The van der Waals surface area contributed by atoms with Crippen LogP contribution in [-0.4, -0.2) is 20.4 Å². The van der Waals surface area contributed by atoms with Gasteiger partial charge >= 0.3 is 0 Å². The van der Waals surface area contributed by atoms with Gasteiger partial charge in [-0.1, -0.05) is 6.07 Å². The number of aromatic nitrogens is 1.